The number of rotatable bonds is 5. The molecule has 1 aromatic rings. The van der Waals surface area contributed by atoms with Gasteiger partial charge in [-0.3, -0.25) is 9.59 Å². The summed E-state index contributed by atoms with van der Waals surface area (Å²) in [6.45, 7) is 6.36. The number of halogens is 1. The van der Waals surface area contributed by atoms with Gasteiger partial charge < -0.3 is 16.4 Å². The summed E-state index contributed by atoms with van der Waals surface area (Å²) in [7, 11) is 0. The van der Waals surface area contributed by atoms with Gasteiger partial charge >= 0.3 is 0 Å². The van der Waals surface area contributed by atoms with E-state index in [1.165, 1.54) is 6.42 Å². The van der Waals surface area contributed by atoms with Crippen LogP contribution >= 0.6 is 12.4 Å². The second-order valence-electron chi connectivity index (χ2n) is 8.27. The standard InChI is InChI=1S/C20H31N3O2.ClH/c1-19(2,3)23-18(25)15-8-7-9-16(12-15)22-17(24)13-20(14-21)10-5-4-6-11-20;/h7-9,12H,4-6,10-11,13-14,21H2,1-3H3,(H,22,24)(H,23,25);1H. The molecular formula is C20H32ClN3O2. The number of carbonyl (C=O) groups is 2. The molecule has 26 heavy (non-hydrogen) atoms. The van der Waals surface area contributed by atoms with Gasteiger partial charge in [-0.2, -0.15) is 0 Å². The van der Waals surface area contributed by atoms with E-state index in [0.717, 1.165) is 25.7 Å². The van der Waals surface area contributed by atoms with Crippen LogP contribution < -0.4 is 16.4 Å². The van der Waals surface area contributed by atoms with Crippen LogP contribution in [0.1, 0.15) is 69.7 Å². The minimum Gasteiger partial charge on any atom is -0.347 e. The highest BCUT2D eigenvalue weighted by Crippen LogP contribution is 2.38. The third-order valence-electron chi connectivity index (χ3n) is 4.78. The molecule has 1 fully saturated rings. The summed E-state index contributed by atoms with van der Waals surface area (Å²) in [6.07, 6.45) is 6.01. The van der Waals surface area contributed by atoms with Crippen molar-refractivity contribution in [3.05, 3.63) is 29.8 Å². The average molecular weight is 382 g/mol. The molecule has 0 heterocycles. The first kappa shape index (κ1) is 22.5. The maximum absolute atomic E-state index is 12.5. The summed E-state index contributed by atoms with van der Waals surface area (Å²) in [5.74, 6) is -0.171. The minimum atomic E-state index is -0.301. The van der Waals surface area contributed by atoms with Gasteiger partial charge in [-0.1, -0.05) is 25.3 Å². The van der Waals surface area contributed by atoms with E-state index in [2.05, 4.69) is 10.6 Å². The molecule has 2 amide bonds. The number of carbonyl (C=O) groups excluding carboxylic acids is 2. The second kappa shape index (κ2) is 9.38. The quantitative estimate of drug-likeness (QED) is 0.723. The van der Waals surface area contributed by atoms with Gasteiger partial charge in [0.25, 0.3) is 5.91 Å². The van der Waals surface area contributed by atoms with Crippen molar-refractivity contribution in [2.45, 2.75) is 64.8 Å². The largest absolute Gasteiger partial charge is 0.347 e. The van der Waals surface area contributed by atoms with Gasteiger partial charge in [-0.05, 0) is 63.8 Å². The summed E-state index contributed by atoms with van der Waals surface area (Å²) in [5.41, 5.74) is 6.79. The zero-order valence-corrected chi connectivity index (χ0v) is 16.9. The Kier molecular flexibility index (Phi) is 8.10. The number of hydrogen-bond donors (Lipinski definition) is 3. The molecule has 0 bridgehead atoms. The molecule has 0 aliphatic heterocycles. The predicted molar refractivity (Wildman–Crippen MR) is 109 cm³/mol. The highest BCUT2D eigenvalue weighted by molar-refractivity contribution is 5.97. The monoisotopic (exact) mass is 381 g/mol. The van der Waals surface area contributed by atoms with Gasteiger partial charge in [-0.25, -0.2) is 0 Å². The Morgan fingerprint density at radius 1 is 1.15 bits per heavy atom. The number of hydrogen-bond acceptors (Lipinski definition) is 3. The molecule has 0 aromatic heterocycles. The first-order chi connectivity index (χ1) is 11.7. The molecule has 2 rings (SSSR count). The molecular weight excluding hydrogens is 350 g/mol. The number of benzene rings is 1. The first-order valence-electron chi connectivity index (χ1n) is 9.16. The summed E-state index contributed by atoms with van der Waals surface area (Å²) < 4.78 is 0. The van der Waals surface area contributed by atoms with E-state index in [4.69, 9.17) is 5.73 Å². The third kappa shape index (κ3) is 6.61. The second-order valence-corrected chi connectivity index (χ2v) is 8.27. The van der Waals surface area contributed by atoms with Crippen LogP contribution in [0.2, 0.25) is 0 Å². The SMILES string of the molecule is CC(C)(C)NC(=O)c1cccc(NC(=O)CC2(CN)CCCCC2)c1.Cl. The van der Waals surface area contributed by atoms with Crippen molar-refractivity contribution in [3.8, 4) is 0 Å². The van der Waals surface area contributed by atoms with Gasteiger partial charge in [-0.15, -0.1) is 12.4 Å². The summed E-state index contributed by atoms with van der Waals surface area (Å²) in [6, 6.07) is 7.06. The fourth-order valence-electron chi connectivity index (χ4n) is 3.45. The number of nitrogens with two attached hydrogens (primary N) is 1. The van der Waals surface area contributed by atoms with E-state index in [1.807, 2.05) is 26.8 Å². The summed E-state index contributed by atoms with van der Waals surface area (Å²) in [4.78, 5) is 24.8. The lowest BCUT2D eigenvalue weighted by atomic mass is 9.71. The number of amides is 2. The van der Waals surface area contributed by atoms with Crippen LogP contribution in [0.4, 0.5) is 5.69 Å². The maximum Gasteiger partial charge on any atom is 0.251 e. The van der Waals surface area contributed by atoms with Gasteiger partial charge in [0.05, 0.1) is 0 Å². The van der Waals surface area contributed by atoms with E-state index >= 15 is 0 Å². The molecule has 1 aromatic carbocycles. The zero-order valence-electron chi connectivity index (χ0n) is 16.1. The Balaban J connectivity index is 0.00000338. The molecule has 6 heteroatoms. The smallest absolute Gasteiger partial charge is 0.251 e. The maximum atomic E-state index is 12.5. The lowest BCUT2D eigenvalue weighted by molar-refractivity contribution is -0.118. The Bertz CT molecular complexity index is 620. The van der Waals surface area contributed by atoms with Crippen LogP contribution in [0, 0.1) is 5.41 Å². The normalized spacial score (nSPS) is 16.3. The molecule has 0 spiro atoms. The first-order valence-corrected chi connectivity index (χ1v) is 9.16. The van der Waals surface area contributed by atoms with E-state index < -0.39 is 0 Å². The van der Waals surface area contributed by atoms with Crippen LogP contribution in [0.3, 0.4) is 0 Å². The van der Waals surface area contributed by atoms with Crippen molar-refractivity contribution >= 4 is 29.9 Å². The molecule has 1 saturated carbocycles. The van der Waals surface area contributed by atoms with Crippen molar-refractivity contribution in [1.29, 1.82) is 0 Å². The van der Waals surface area contributed by atoms with E-state index in [-0.39, 0.29) is 35.2 Å². The molecule has 1 aliphatic rings. The van der Waals surface area contributed by atoms with E-state index in [0.29, 0.717) is 24.2 Å². The fourth-order valence-corrected chi connectivity index (χ4v) is 3.45. The molecule has 0 radical (unpaired) electrons. The predicted octanol–water partition coefficient (Wildman–Crippen LogP) is 3.87. The van der Waals surface area contributed by atoms with Gasteiger partial charge in [0.15, 0.2) is 0 Å². The zero-order chi connectivity index (χ0) is 18.5. The minimum absolute atomic E-state index is 0. The molecule has 4 N–H and O–H groups in total. The Morgan fingerprint density at radius 2 is 1.81 bits per heavy atom. The van der Waals surface area contributed by atoms with Crippen LogP contribution in [0.5, 0.6) is 0 Å². The third-order valence-corrected chi connectivity index (χ3v) is 4.78. The van der Waals surface area contributed by atoms with Gasteiger partial charge in [0.1, 0.15) is 0 Å². The lowest BCUT2D eigenvalue weighted by Gasteiger charge is -2.35. The Labute approximate surface area is 162 Å². The summed E-state index contributed by atoms with van der Waals surface area (Å²) >= 11 is 0. The Hall–Kier alpha value is -1.59. The lowest BCUT2D eigenvalue weighted by Crippen LogP contribution is -2.40. The van der Waals surface area contributed by atoms with E-state index in [1.54, 1.807) is 18.2 Å². The van der Waals surface area contributed by atoms with E-state index in [9.17, 15) is 9.59 Å². The molecule has 0 saturated heterocycles. The highest BCUT2D eigenvalue weighted by atomic mass is 35.5. The van der Waals surface area contributed by atoms with Gasteiger partial charge in [0.2, 0.25) is 5.91 Å². The molecule has 0 atom stereocenters. The Morgan fingerprint density at radius 3 is 2.38 bits per heavy atom. The molecule has 1 aliphatic carbocycles. The highest BCUT2D eigenvalue weighted by Gasteiger charge is 2.33. The van der Waals surface area contributed by atoms with Crippen molar-refractivity contribution in [3.63, 3.8) is 0 Å². The molecule has 146 valence electrons. The molecule has 5 nitrogen and oxygen atoms in total. The van der Waals surface area contributed by atoms with Crippen molar-refractivity contribution in [2.75, 3.05) is 11.9 Å². The van der Waals surface area contributed by atoms with Crippen molar-refractivity contribution in [2.24, 2.45) is 11.1 Å². The summed E-state index contributed by atoms with van der Waals surface area (Å²) in [5, 5.41) is 5.86. The van der Waals surface area contributed by atoms with Crippen LogP contribution in [0.25, 0.3) is 0 Å². The van der Waals surface area contributed by atoms with Crippen LogP contribution in [-0.4, -0.2) is 23.9 Å². The average Bonchev–Trinajstić information content (AvgIpc) is 2.54. The fraction of sp³-hybridized carbons (Fsp3) is 0.600. The topological polar surface area (TPSA) is 84.2 Å². The number of nitrogens with one attached hydrogen (secondary N) is 2. The van der Waals surface area contributed by atoms with Crippen LogP contribution in [0.15, 0.2) is 24.3 Å². The van der Waals surface area contributed by atoms with Crippen molar-refractivity contribution in [1.82, 2.24) is 5.32 Å². The molecule has 0 unspecified atom stereocenters. The van der Waals surface area contributed by atoms with Gasteiger partial charge in [0, 0.05) is 23.2 Å². The number of anilines is 1. The van der Waals surface area contributed by atoms with Crippen LogP contribution in [-0.2, 0) is 4.79 Å². The van der Waals surface area contributed by atoms with Crippen molar-refractivity contribution < 1.29 is 9.59 Å².